The summed E-state index contributed by atoms with van der Waals surface area (Å²) >= 11 is 0. The van der Waals surface area contributed by atoms with Crippen LogP contribution in [0.4, 0.5) is 11.4 Å². The van der Waals surface area contributed by atoms with E-state index in [1.54, 1.807) is 12.1 Å². The largest absolute Gasteiger partial charge is 1.00 e. The number of aromatic carboxylic acids is 2. The van der Waals surface area contributed by atoms with Gasteiger partial charge >= 0.3 is 37.7 Å². The van der Waals surface area contributed by atoms with Crippen molar-refractivity contribution in [1.82, 2.24) is 19.8 Å². The molecule has 0 N–H and O–H groups in total. The minimum atomic E-state index is -1.21. The van der Waals surface area contributed by atoms with Crippen LogP contribution in [-0.2, 0) is 0 Å². The number of carboxylic acids is 2. The van der Waals surface area contributed by atoms with Crippen LogP contribution in [0.1, 0.15) is 46.7 Å². The molecule has 4 aliphatic rings. The number of anilines is 2. The van der Waals surface area contributed by atoms with Crippen molar-refractivity contribution in [1.29, 1.82) is 0 Å². The van der Waals surface area contributed by atoms with E-state index in [0.717, 1.165) is 75.6 Å². The molecule has 6 rings (SSSR count). The van der Waals surface area contributed by atoms with Gasteiger partial charge < -0.3 is 29.6 Å². The zero-order valence-corrected chi connectivity index (χ0v) is 23.8. The molecule has 2 aliphatic heterocycles. The van der Waals surface area contributed by atoms with Crippen LogP contribution in [0, 0.1) is 11.8 Å². The Morgan fingerprint density at radius 2 is 1.00 bits per heavy atom. The Morgan fingerprint density at radius 3 is 1.30 bits per heavy atom. The number of piperazine rings is 2. The molecule has 2 saturated carbocycles. The first-order valence-corrected chi connectivity index (χ1v) is 13.7. The predicted octanol–water partition coefficient (Wildman–Crippen LogP) is -6.04. The molecule has 4 heterocycles. The van der Waals surface area contributed by atoms with Crippen LogP contribution < -0.4 is 57.7 Å². The molecule has 12 heteroatoms. The quantitative estimate of drug-likeness (QED) is 0.303. The van der Waals surface area contributed by atoms with Crippen LogP contribution in [-0.4, -0.2) is 97.2 Å². The molecule has 0 radical (unpaired) electrons. The molecule has 0 amide bonds. The summed E-state index contributed by atoms with van der Waals surface area (Å²) in [5, 5.41) is 21.6. The summed E-state index contributed by atoms with van der Waals surface area (Å²) in [5.41, 5.74) is 1.89. The van der Waals surface area contributed by atoms with Crippen LogP contribution in [0.2, 0.25) is 0 Å². The van der Waals surface area contributed by atoms with Crippen LogP contribution in [0.25, 0.3) is 0 Å². The van der Waals surface area contributed by atoms with Gasteiger partial charge in [-0.05, 0) is 61.8 Å². The van der Waals surface area contributed by atoms with E-state index in [0.29, 0.717) is 0 Å². The van der Waals surface area contributed by atoms with Gasteiger partial charge in [-0.2, -0.15) is 0 Å². The van der Waals surface area contributed by atoms with E-state index in [2.05, 4.69) is 29.6 Å². The molecule has 4 fully saturated rings. The zero-order valence-electron chi connectivity index (χ0n) is 23.8. The van der Waals surface area contributed by atoms with Gasteiger partial charge in [0.1, 0.15) is 0 Å². The molecular formula is C28H36Li2N6O4. The molecule has 0 atom stereocenters. The summed E-state index contributed by atoms with van der Waals surface area (Å²) in [7, 11) is 0. The van der Waals surface area contributed by atoms with Gasteiger partial charge in [-0.3, -0.25) is 19.8 Å². The van der Waals surface area contributed by atoms with Crippen molar-refractivity contribution in [2.75, 3.05) is 75.2 Å². The van der Waals surface area contributed by atoms with Crippen molar-refractivity contribution in [3.05, 3.63) is 48.0 Å². The number of carboxylic acid groups (broad SMARTS) is 2. The van der Waals surface area contributed by atoms with Crippen LogP contribution in [0.5, 0.6) is 0 Å². The summed E-state index contributed by atoms with van der Waals surface area (Å²) in [4.78, 5) is 38.7. The van der Waals surface area contributed by atoms with Crippen molar-refractivity contribution in [2.24, 2.45) is 11.8 Å². The molecule has 0 spiro atoms. The van der Waals surface area contributed by atoms with Gasteiger partial charge in [-0.15, -0.1) is 0 Å². The molecule has 204 valence electrons. The SMILES string of the molecule is O=C([O-])c1cc(N2CCN(CC3CC3)CC2)ccn1.O=C([O-])c1cc(N2CCN(CC3CC3)CC2)ccn1.[Li+].[Li+]. The normalized spacial score (nSPS) is 19.5. The molecule has 0 aromatic carbocycles. The van der Waals surface area contributed by atoms with Crippen molar-refractivity contribution < 1.29 is 57.5 Å². The number of hydrogen-bond donors (Lipinski definition) is 0. The Morgan fingerprint density at radius 1 is 0.650 bits per heavy atom. The number of rotatable bonds is 8. The fourth-order valence-corrected chi connectivity index (χ4v) is 5.16. The predicted molar refractivity (Wildman–Crippen MR) is 140 cm³/mol. The first-order chi connectivity index (χ1) is 18.4. The zero-order chi connectivity index (χ0) is 26.5. The van der Waals surface area contributed by atoms with Gasteiger partial charge in [0, 0.05) is 89.2 Å². The van der Waals surface area contributed by atoms with E-state index in [1.165, 1.54) is 51.2 Å². The Hall–Kier alpha value is -2.05. The number of hydrogen-bond acceptors (Lipinski definition) is 10. The summed E-state index contributed by atoms with van der Waals surface area (Å²) in [6, 6.07) is 6.93. The third kappa shape index (κ3) is 9.51. The number of pyridine rings is 2. The van der Waals surface area contributed by atoms with Crippen molar-refractivity contribution in [3.63, 3.8) is 0 Å². The smallest absolute Gasteiger partial charge is 0.543 e. The minimum absolute atomic E-state index is 0. The second-order valence-electron chi connectivity index (χ2n) is 10.8. The number of carbonyl (C=O) groups is 2. The average Bonchev–Trinajstić information content (AvgIpc) is 3.88. The molecule has 40 heavy (non-hydrogen) atoms. The maximum Gasteiger partial charge on any atom is 1.00 e. The maximum atomic E-state index is 10.8. The van der Waals surface area contributed by atoms with Crippen molar-refractivity contribution in [2.45, 2.75) is 25.7 Å². The van der Waals surface area contributed by atoms with E-state index in [9.17, 15) is 19.8 Å². The van der Waals surface area contributed by atoms with E-state index in [1.807, 2.05) is 12.1 Å². The van der Waals surface area contributed by atoms with Gasteiger partial charge in [0.25, 0.3) is 0 Å². The van der Waals surface area contributed by atoms with E-state index in [4.69, 9.17) is 0 Å². The second-order valence-corrected chi connectivity index (χ2v) is 10.8. The third-order valence-electron chi connectivity index (χ3n) is 7.81. The summed E-state index contributed by atoms with van der Waals surface area (Å²) in [6.07, 6.45) is 8.63. The van der Waals surface area contributed by atoms with E-state index in [-0.39, 0.29) is 49.1 Å². The van der Waals surface area contributed by atoms with E-state index < -0.39 is 11.9 Å². The molecular weight excluding hydrogens is 498 g/mol. The second kappa shape index (κ2) is 15.3. The van der Waals surface area contributed by atoms with Gasteiger partial charge in [-0.1, -0.05) is 0 Å². The number of aromatic nitrogens is 2. The van der Waals surface area contributed by atoms with Gasteiger partial charge in [0.2, 0.25) is 0 Å². The van der Waals surface area contributed by atoms with Crippen LogP contribution >= 0.6 is 0 Å². The number of nitrogens with zero attached hydrogens (tertiary/aromatic N) is 6. The Balaban J connectivity index is 0.000000210. The molecule has 10 nitrogen and oxygen atoms in total. The van der Waals surface area contributed by atoms with Gasteiger partial charge in [0.15, 0.2) is 0 Å². The Kier molecular flexibility index (Phi) is 12.4. The van der Waals surface area contributed by atoms with E-state index >= 15 is 0 Å². The third-order valence-corrected chi connectivity index (χ3v) is 7.81. The molecule has 2 aliphatic carbocycles. The fraction of sp³-hybridized carbons (Fsp3) is 0.571. The maximum absolute atomic E-state index is 10.8. The minimum Gasteiger partial charge on any atom is -0.543 e. The Bertz CT molecular complexity index is 1030. The first kappa shape index (κ1) is 32.5. The molecule has 2 saturated heterocycles. The fourth-order valence-electron chi connectivity index (χ4n) is 5.16. The summed E-state index contributed by atoms with van der Waals surface area (Å²) in [5.74, 6) is -0.572. The average molecular weight is 535 g/mol. The van der Waals surface area contributed by atoms with Crippen molar-refractivity contribution in [3.8, 4) is 0 Å². The summed E-state index contributed by atoms with van der Waals surface area (Å²) in [6.45, 7) is 10.5. The Labute approximate surface area is 260 Å². The summed E-state index contributed by atoms with van der Waals surface area (Å²) < 4.78 is 0. The molecule has 0 unspecified atom stereocenters. The monoisotopic (exact) mass is 534 g/mol. The molecule has 2 aromatic heterocycles. The molecule has 0 bridgehead atoms. The van der Waals surface area contributed by atoms with Gasteiger partial charge in [0.05, 0.1) is 23.3 Å². The number of carbonyl (C=O) groups excluding carboxylic acids is 2. The standard InChI is InChI=1S/2C14H19N3O2.2Li/c2*18-14(19)13-9-12(3-4-15-13)17-7-5-16(6-8-17)10-11-1-2-11;;/h2*3-4,9,11H,1-2,5-8,10H2,(H,18,19);;/q;;2*+1/p-2. The first-order valence-electron chi connectivity index (χ1n) is 13.7. The van der Waals surface area contributed by atoms with Crippen molar-refractivity contribution >= 4 is 23.3 Å². The van der Waals surface area contributed by atoms with Crippen LogP contribution in [0.3, 0.4) is 0 Å². The van der Waals surface area contributed by atoms with Gasteiger partial charge in [-0.25, -0.2) is 0 Å². The molecule has 2 aromatic rings. The topological polar surface area (TPSA) is 119 Å². The van der Waals surface area contributed by atoms with Crippen LogP contribution in [0.15, 0.2) is 36.7 Å².